The molecule has 6 aromatic rings. The van der Waals surface area contributed by atoms with Gasteiger partial charge in [-0.15, -0.1) is 0 Å². The van der Waals surface area contributed by atoms with E-state index in [2.05, 4.69) is 139 Å². The van der Waals surface area contributed by atoms with Crippen molar-refractivity contribution < 1.29 is 0 Å². The van der Waals surface area contributed by atoms with E-state index in [0.29, 0.717) is 0 Å². The first-order chi connectivity index (χ1) is 15.1. The molecule has 0 unspecified atom stereocenters. The first kappa shape index (κ1) is 21.9. The second-order valence-electron chi connectivity index (χ2n) is 6.84. The molecule has 6 rings (SSSR count). The van der Waals surface area contributed by atoms with Gasteiger partial charge in [0.15, 0.2) is 0 Å². The van der Waals surface area contributed by atoms with Gasteiger partial charge in [-0.05, 0) is 48.5 Å². The van der Waals surface area contributed by atoms with Gasteiger partial charge < -0.3 is 9.97 Å². The normalized spacial score (nSPS) is 10.5. The van der Waals surface area contributed by atoms with E-state index in [1.54, 1.807) is 0 Å². The van der Waals surface area contributed by atoms with E-state index < -0.39 is 0 Å². The number of halogens is 2. The topological polar surface area (TPSA) is 43.9 Å². The molecule has 4 aromatic carbocycles. The van der Waals surface area contributed by atoms with E-state index >= 15 is 0 Å². The average Bonchev–Trinajstić information content (AvgIpc) is 3.33. The number of benzene rings is 4. The van der Waals surface area contributed by atoms with Crippen LogP contribution in [0.25, 0.3) is 43.6 Å². The average molecular weight is 550 g/mol. The van der Waals surface area contributed by atoms with Crippen LogP contribution in [0.4, 0.5) is 0 Å². The molecule has 2 N–H and O–H groups in total. The van der Waals surface area contributed by atoms with Crippen molar-refractivity contribution in [2.75, 3.05) is 0 Å². The summed E-state index contributed by atoms with van der Waals surface area (Å²) in [7, 11) is 4.34. The fraction of sp³-hybridized carbons (Fsp3) is 0. The van der Waals surface area contributed by atoms with Crippen molar-refractivity contribution in [2.45, 2.75) is 0 Å². The second-order valence-corrected chi connectivity index (χ2v) is 8.90. The number of rotatable bonds is 0. The monoisotopic (exact) mass is 548 g/mol. The number of hydrogen-bond acceptors (Lipinski definition) is 2. The Hall–Kier alpha value is -2.35. The fourth-order valence-electron chi connectivity index (χ4n) is 3.64. The molecule has 3 nitrogen and oxygen atoms in total. The van der Waals surface area contributed by atoms with Crippen LogP contribution in [0.2, 0.25) is 0 Å². The Morgan fingerprint density at radius 1 is 0.581 bits per heavy atom. The quantitative estimate of drug-likeness (QED) is 0.126. The third kappa shape index (κ3) is 4.79. The van der Waals surface area contributed by atoms with E-state index in [1.807, 2.05) is 12.1 Å². The molecular weight excluding hydrogens is 533 g/mol. The molecule has 0 atom stereocenters. The maximum Gasteiger partial charge on any atom is 0.0464 e. The van der Waals surface area contributed by atoms with Gasteiger partial charge in [0.2, 0.25) is 0 Å². The number of H-pyrrole nitrogens is 2. The standard InChI is InChI=1S/C12H7Br2N.C12H9N.BHNS/c13-7-1-3-11-9(5-7)10-6-8(14)2-4-12(10)15-11;1-3-7-11-9(5-1)10-6-2-4-8-12(10)13-11;1-2-3/h1-6,15H;1-8,13H;3H. The van der Waals surface area contributed by atoms with Gasteiger partial charge in [0.25, 0.3) is 0 Å². The smallest absolute Gasteiger partial charge is 0.0464 e. The van der Waals surface area contributed by atoms with Crippen LogP contribution < -0.4 is 0 Å². The zero-order valence-electron chi connectivity index (χ0n) is 16.3. The number of aromatic nitrogens is 2. The second kappa shape index (κ2) is 9.85. The van der Waals surface area contributed by atoms with Crippen molar-refractivity contribution in [2.24, 2.45) is 4.30 Å². The molecule has 7 heteroatoms. The minimum Gasteiger partial charge on any atom is -0.355 e. The number of para-hydroxylation sites is 2. The minimum atomic E-state index is 1.11. The van der Waals surface area contributed by atoms with Gasteiger partial charge in [0, 0.05) is 52.6 Å². The summed E-state index contributed by atoms with van der Waals surface area (Å²) in [5.41, 5.74) is 4.77. The Morgan fingerprint density at radius 3 is 1.35 bits per heavy atom. The van der Waals surface area contributed by atoms with Crippen molar-refractivity contribution in [3.05, 3.63) is 93.9 Å². The molecule has 2 heterocycles. The van der Waals surface area contributed by atoms with Gasteiger partial charge in [-0.3, -0.25) is 0 Å². The molecule has 0 aliphatic heterocycles. The molecule has 0 fully saturated rings. The van der Waals surface area contributed by atoms with Crippen LogP contribution in [0.3, 0.4) is 0 Å². The number of thiol groups is 1. The van der Waals surface area contributed by atoms with E-state index in [-0.39, 0.29) is 0 Å². The molecule has 0 aliphatic rings. The van der Waals surface area contributed by atoms with Crippen LogP contribution in [0.15, 0.2) is 98.2 Å². The van der Waals surface area contributed by atoms with Crippen molar-refractivity contribution in [1.29, 1.82) is 0 Å². The predicted octanol–water partition coefficient (Wildman–Crippen LogP) is 8.35. The summed E-state index contributed by atoms with van der Waals surface area (Å²) in [5, 5.41) is 5.11. The molecule has 0 saturated carbocycles. The maximum absolute atomic E-state index is 4.34. The molecule has 2 aromatic heterocycles. The van der Waals surface area contributed by atoms with Crippen LogP contribution in [0.5, 0.6) is 0 Å². The summed E-state index contributed by atoms with van der Waals surface area (Å²) in [6.07, 6.45) is 0. The summed E-state index contributed by atoms with van der Waals surface area (Å²) in [6, 6.07) is 29.3. The number of nitrogens with one attached hydrogen (secondary N) is 2. The molecule has 0 amide bonds. The summed E-state index contributed by atoms with van der Waals surface area (Å²) in [5.74, 6) is 0. The van der Waals surface area contributed by atoms with Crippen molar-refractivity contribution >= 4 is 95.9 Å². The van der Waals surface area contributed by atoms with Crippen LogP contribution >= 0.6 is 44.7 Å². The number of nitrogens with zero attached hydrogens (tertiary/aromatic N) is 1. The summed E-state index contributed by atoms with van der Waals surface area (Å²) < 4.78 is 4.91. The Bertz CT molecular complexity index is 1400. The van der Waals surface area contributed by atoms with E-state index in [9.17, 15) is 0 Å². The zero-order chi connectivity index (χ0) is 21.8. The van der Waals surface area contributed by atoms with E-state index in [4.69, 9.17) is 0 Å². The van der Waals surface area contributed by atoms with Gasteiger partial charge in [0.1, 0.15) is 0 Å². The first-order valence-electron chi connectivity index (χ1n) is 9.47. The van der Waals surface area contributed by atoms with Crippen LogP contribution in [-0.4, -0.2) is 17.6 Å². The van der Waals surface area contributed by atoms with Gasteiger partial charge in [0.05, 0.1) is 0 Å². The van der Waals surface area contributed by atoms with Crippen LogP contribution in [-0.2, 0) is 0 Å². The van der Waals surface area contributed by atoms with Gasteiger partial charge in [-0.2, -0.15) is 0 Å². The molecule has 0 spiro atoms. The van der Waals surface area contributed by atoms with Gasteiger partial charge in [-0.1, -0.05) is 68.3 Å². The van der Waals surface area contributed by atoms with Crippen molar-refractivity contribution in [3.8, 4) is 0 Å². The predicted molar refractivity (Wildman–Crippen MR) is 144 cm³/mol. The Labute approximate surface area is 203 Å². The molecule has 1 radical (unpaired) electrons. The van der Waals surface area contributed by atoms with Gasteiger partial charge >= 0.3 is 24.8 Å². The third-order valence-corrected chi connectivity index (χ3v) is 5.92. The van der Waals surface area contributed by atoms with Crippen molar-refractivity contribution in [1.82, 2.24) is 9.97 Å². The fourth-order valence-corrected chi connectivity index (χ4v) is 4.36. The molecule has 151 valence electrons. The summed E-state index contributed by atoms with van der Waals surface area (Å²) in [4.78, 5) is 6.77. The Kier molecular flexibility index (Phi) is 6.95. The molecule has 0 bridgehead atoms. The minimum absolute atomic E-state index is 1.11. The Balaban J connectivity index is 0.000000134. The van der Waals surface area contributed by atoms with Crippen molar-refractivity contribution in [3.63, 3.8) is 0 Å². The van der Waals surface area contributed by atoms with Gasteiger partial charge in [-0.25, -0.2) is 0 Å². The third-order valence-electron chi connectivity index (χ3n) is 4.94. The van der Waals surface area contributed by atoms with E-state index in [1.165, 1.54) is 43.6 Å². The van der Waals surface area contributed by atoms with E-state index in [0.717, 1.165) is 8.95 Å². The SMILES string of the molecule is Brc1ccc2[nH]c3ccc(Br)cc3c2c1.[B]=NS.c1ccc2c(c1)[nH]c1ccccc12. The summed E-state index contributed by atoms with van der Waals surface area (Å²) in [6.45, 7) is 0. The molecular formula is C24H17BBr2N3S. The number of hydrogen-bond donors (Lipinski definition) is 3. The first-order valence-corrected chi connectivity index (χ1v) is 11.5. The number of fused-ring (bicyclic) bond motifs is 6. The largest absolute Gasteiger partial charge is 0.355 e. The number of aromatic amines is 2. The zero-order valence-corrected chi connectivity index (χ0v) is 20.4. The summed E-state index contributed by atoms with van der Waals surface area (Å²) >= 11 is 10.2. The molecule has 31 heavy (non-hydrogen) atoms. The molecule has 0 aliphatic carbocycles. The molecule has 0 saturated heterocycles. The maximum atomic E-state index is 4.34. The van der Waals surface area contributed by atoms with Crippen LogP contribution in [0.1, 0.15) is 0 Å². The van der Waals surface area contributed by atoms with Crippen LogP contribution in [0, 0.1) is 0 Å². The Morgan fingerprint density at radius 2 is 0.935 bits per heavy atom.